The lowest BCUT2D eigenvalue weighted by atomic mass is 10.2. The molecule has 2 aromatic heterocycles. The smallest absolute Gasteiger partial charge is 0.273 e. The van der Waals surface area contributed by atoms with Crippen molar-refractivity contribution < 1.29 is 9.84 Å². The molecule has 2 rings (SSSR count). The minimum atomic E-state index is -0.811. The Morgan fingerprint density at radius 2 is 2.36 bits per heavy atom. The highest BCUT2D eigenvalue weighted by molar-refractivity contribution is 7.11. The molecule has 0 bridgehead atoms. The Bertz CT molecular complexity index is 401. The molecule has 2 aromatic rings. The third-order valence-electron chi connectivity index (χ3n) is 1.61. The van der Waals surface area contributed by atoms with Gasteiger partial charge in [-0.05, 0) is 0 Å². The maximum atomic E-state index is 9.78. The van der Waals surface area contributed by atoms with Gasteiger partial charge in [0.2, 0.25) is 0 Å². The van der Waals surface area contributed by atoms with Crippen LogP contribution in [0.25, 0.3) is 0 Å². The molecule has 0 spiro atoms. The molecule has 0 aliphatic carbocycles. The van der Waals surface area contributed by atoms with E-state index in [-0.39, 0.29) is 0 Å². The number of rotatable bonds is 3. The molecule has 0 aromatic carbocycles. The highest BCUT2D eigenvalue weighted by Gasteiger charge is 2.16. The van der Waals surface area contributed by atoms with E-state index in [2.05, 4.69) is 13.7 Å². The Kier molecular flexibility index (Phi) is 2.71. The number of nitrogens with zero attached hydrogens (tertiary/aromatic N) is 3. The van der Waals surface area contributed by atoms with Crippen LogP contribution in [0.15, 0.2) is 11.6 Å². The van der Waals surface area contributed by atoms with Gasteiger partial charge in [-0.15, -0.1) is 0 Å². The summed E-state index contributed by atoms with van der Waals surface area (Å²) < 4.78 is 12.7. The second-order valence-corrected chi connectivity index (χ2v) is 3.85. The van der Waals surface area contributed by atoms with Gasteiger partial charge >= 0.3 is 0 Å². The molecule has 74 valence electrons. The first kappa shape index (κ1) is 9.50. The Hall–Kier alpha value is -1.05. The molecular weight excluding hydrogens is 222 g/mol. The quantitative estimate of drug-likeness (QED) is 0.853. The minimum absolute atomic E-state index is 0.517. The Morgan fingerprint density at radius 1 is 1.50 bits per heavy atom. The largest absolute Gasteiger partial charge is 0.473 e. The van der Waals surface area contributed by atoms with Crippen LogP contribution in [0.3, 0.4) is 0 Å². The molecule has 7 heteroatoms. The lowest BCUT2D eigenvalue weighted by molar-refractivity contribution is 0.211. The molecule has 1 atom stereocenters. The minimum Gasteiger partial charge on any atom is -0.473 e. The first-order valence-electron chi connectivity index (χ1n) is 3.76. The standard InChI is InChI=1S/C7H7N3O2S2/c1-12-7-9-5(3-13-7)6(11)4-2-8-14-10-4/h2-3,6,11H,1H3. The fourth-order valence-electron chi connectivity index (χ4n) is 0.932. The number of ether oxygens (including phenoxy) is 1. The van der Waals surface area contributed by atoms with E-state index < -0.39 is 6.10 Å². The fraction of sp³-hybridized carbons (Fsp3) is 0.286. The lowest BCUT2D eigenvalue weighted by Crippen LogP contribution is -2.00. The second kappa shape index (κ2) is 3.99. The van der Waals surface area contributed by atoms with E-state index in [1.54, 1.807) is 12.5 Å². The van der Waals surface area contributed by atoms with Crippen LogP contribution in [0.5, 0.6) is 5.19 Å². The van der Waals surface area contributed by atoms with Crippen molar-refractivity contribution in [2.24, 2.45) is 0 Å². The summed E-state index contributed by atoms with van der Waals surface area (Å²) >= 11 is 2.40. The van der Waals surface area contributed by atoms with Crippen molar-refractivity contribution in [3.63, 3.8) is 0 Å². The van der Waals surface area contributed by atoms with Gasteiger partial charge in [-0.25, -0.2) is 4.98 Å². The number of methoxy groups -OCH3 is 1. The summed E-state index contributed by atoms with van der Waals surface area (Å²) in [5.74, 6) is 0. The van der Waals surface area contributed by atoms with Gasteiger partial charge in [-0.3, -0.25) is 0 Å². The predicted octanol–water partition coefficient (Wildman–Crippen LogP) is 1.08. The van der Waals surface area contributed by atoms with E-state index >= 15 is 0 Å². The van der Waals surface area contributed by atoms with Crippen molar-refractivity contribution >= 4 is 23.1 Å². The highest BCUT2D eigenvalue weighted by Crippen LogP contribution is 2.25. The summed E-state index contributed by atoms with van der Waals surface area (Å²) in [5.41, 5.74) is 1.06. The molecule has 0 saturated carbocycles. The molecular formula is C7H7N3O2S2. The number of hydrogen-bond donors (Lipinski definition) is 1. The number of aliphatic hydroxyl groups excluding tert-OH is 1. The molecule has 1 unspecified atom stereocenters. The van der Waals surface area contributed by atoms with Gasteiger partial charge < -0.3 is 9.84 Å². The zero-order chi connectivity index (χ0) is 9.97. The third-order valence-corrected chi connectivity index (χ3v) is 2.93. The molecule has 2 heterocycles. The van der Waals surface area contributed by atoms with Crippen LogP contribution in [0.2, 0.25) is 0 Å². The highest BCUT2D eigenvalue weighted by atomic mass is 32.1. The van der Waals surface area contributed by atoms with E-state index in [9.17, 15) is 5.11 Å². The van der Waals surface area contributed by atoms with Gasteiger partial charge in [0.15, 0.2) is 0 Å². The molecule has 0 radical (unpaired) electrons. The maximum Gasteiger partial charge on any atom is 0.273 e. The summed E-state index contributed by atoms with van der Waals surface area (Å²) in [7, 11) is 1.54. The monoisotopic (exact) mass is 229 g/mol. The van der Waals surface area contributed by atoms with Gasteiger partial charge in [0.25, 0.3) is 5.19 Å². The maximum absolute atomic E-state index is 9.78. The molecule has 14 heavy (non-hydrogen) atoms. The van der Waals surface area contributed by atoms with Crippen LogP contribution in [-0.4, -0.2) is 25.9 Å². The van der Waals surface area contributed by atoms with E-state index in [0.717, 1.165) is 11.7 Å². The van der Waals surface area contributed by atoms with E-state index in [1.807, 2.05) is 0 Å². The zero-order valence-electron chi connectivity index (χ0n) is 7.25. The lowest BCUT2D eigenvalue weighted by Gasteiger charge is -2.01. The predicted molar refractivity (Wildman–Crippen MR) is 52.6 cm³/mol. The van der Waals surface area contributed by atoms with Crippen LogP contribution < -0.4 is 4.74 Å². The summed E-state index contributed by atoms with van der Waals surface area (Å²) in [6, 6.07) is 0. The van der Waals surface area contributed by atoms with Crippen molar-refractivity contribution in [1.82, 2.24) is 13.7 Å². The van der Waals surface area contributed by atoms with Crippen LogP contribution in [-0.2, 0) is 0 Å². The van der Waals surface area contributed by atoms with E-state index in [4.69, 9.17) is 4.74 Å². The van der Waals surface area contributed by atoms with Gasteiger partial charge in [0.1, 0.15) is 11.8 Å². The van der Waals surface area contributed by atoms with Gasteiger partial charge in [0, 0.05) is 5.38 Å². The van der Waals surface area contributed by atoms with Gasteiger partial charge in [-0.2, -0.15) is 8.75 Å². The van der Waals surface area contributed by atoms with Crippen molar-refractivity contribution in [1.29, 1.82) is 0 Å². The molecule has 1 N–H and O–H groups in total. The Balaban J connectivity index is 2.23. The summed E-state index contributed by atoms with van der Waals surface area (Å²) in [5, 5.41) is 12.1. The van der Waals surface area contributed by atoms with Crippen LogP contribution in [0.4, 0.5) is 0 Å². The second-order valence-electron chi connectivity index (χ2n) is 2.48. The summed E-state index contributed by atoms with van der Waals surface area (Å²) in [6.45, 7) is 0. The number of aliphatic hydroxyl groups is 1. The zero-order valence-corrected chi connectivity index (χ0v) is 8.88. The SMILES string of the molecule is COc1nc(C(O)c2cnsn2)cs1. The van der Waals surface area contributed by atoms with Crippen molar-refractivity contribution in [2.75, 3.05) is 7.11 Å². The third kappa shape index (κ3) is 1.74. The Morgan fingerprint density at radius 3 is 2.93 bits per heavy atom. The summed E-state index contributed by atoms with van der Waals surface area (Å²) in [4.78, 5) is 4.07. The molecule has 0 fully saturated rings. The molecule has 5 nitrogen and oxygen atoms in total. The number of thiazole rings is 1. The molecule has 0 aliphatic rings. The molecule has 0 amide bonds. The first-order valence-corrected chi connectivity index (χ1v) is 5.37. The topological polar surface area (TPSA) is 68.1 Å². The van der Waals surface area contributed by atoms with Crippen molar-refractivity contribution in [3.05, 3.63) is 23.0 Å². The van der Waals surface area contributed by atoms with Crippen molar-refractivity contribution in [2.45, 2.75) is 6.10 Å². The van der Waals surface area contributed by atoms with Gasteiger partial charge in [0.05, 0.1) is 30.7 Å². The van der Waals surface area contributed by atoms with E-state index in [0.29, 0.717) is 16.6 Å². The first-order chi connectivity index (χ1) is 6.81. The van der Waals surface area contributed by atoms with Crippen LogP contribution in [0.1, 0.15) is 17.5 Å². The number of hydrogen-bond acceptors (Lipinski definition) is 7. The number of aromatic nitrogens is 3. The average molecular weight is 229 g/mol. The van der Waals surface area contributed by atoms with Crippen LogP contribution in [0, 0.1) is 0 Å². The molecule has 0 saturated heterocycles. The molecule has 0 aliphatic heterocycles. The average Bonchev–Trinajstić information content (AvgIpc) is 2.88. The normalized spacial score (nSPS) is 12.7. The van der Waals surface area contributed by atoms with E-state index in [1.165, 1.54) is 17.5 Å². The fourth-order valence-corrected chi connectivity index (χ4v) is 2.03. The van der Waals surface area contributed by atoms with Gasteiger partial charge in [-0.1, -0.05) is 11.3 Å². The Labute approximate surface area is 88.3 Å². The van der Waals surface area contributed by atoms with Crippen LogP contribution >= 0.6 is 23.1 Å². The van der Waals surface area contributed by atoms with Crippen molar-refractivity contribution in [3.8, 4) is 5.19 Å². The summed E-state index contributed by atoms with van der Waals surface area (Å²) in [6.07, 6.45) is 0.718.